The fourth-order valence-electron chi connectivity index (χ4n) is 4.17. The van der Waals surface area contributed by atoms with Crippen LogP contribution in [-0.2, 0) is 33.7 Å². The zero-order valence-corrected chi connectivity index (χ0v) is 21.9. The average Bonchev–Trinajstić information content (AvgIpc) is 2.94. The minimum atomic E-state index is -0.639. The molecule has 0 saturated carbocycles. The number of methoxy groups -OCH3 is 1. The second kappa shape index (κ2) is 15.5. The van der Waals surface area contributed by atoms with E-state index >= 15 is 0 Å². The minimum Gasteiger partial charge on any atom is -0.497 e. The van der Waals surface area contributed by atoms with Gasteiger partial charge in [0, 0.05) is 39.1 Å². The zero-order valence-electron chi connectivity index (χ0n) is 21.9. The van der Waals surface area contributed by atoms with Crippen molar-refractivity contribution in [2.75, 3.05) is 26.9 Å². The lowest BCUT2D eigenvalue weighted by Gasteiger charge is -2.32. The molecule has 0 saturated heterocycles. The fourth-order valence-corrected chi connectivity index (χ4v) is 4.17. The van der Waals surface area contributed by atoms with Crippen molar-refractivity contribution in [1.82, 2.24) is 10.2 Å². The molecule has 0 aliphatic heterocycles. The van der Waals surface area contributed by atoms with E-state index in [4.69, 9.17) is 9.47 Å². The van der Waals surface area contributed by atoms with E-state index in [0.717, 1.165) is 28.9 Å². The van der Waals surface area contributed by atoms with Crippen LogP contribution in [-0.4, -0.2) is 49.6 Å². The lowest BCUT2D eigenvalue weighted by Crippen LogP contribution is -2.50. The molecule has 3 aromatic rings. The van der Waals surface area contributed by atoms with Crippen molar-refractivity contribution in [1.29, 1.82) is 0 Å². The van der Waals surface area contributed by atoms with Gasteiger partial charge in [0.15, 0.2) is 0 Å². The second-order valence-corrected chi connectivity index (χ2v) is 8.90. The van der Waals surface area contributed by atoms with Crippen molar-refractivity contribution >= 4 is 11.8 Å². The average molecular weight is 503 g/mol. The smallest absolute Gasteiger partial charge is 0.243 e. The van der Waals surface area contributed by atoms with Crippen molar-refractivity contribution in [2.24, 2.45) is 0 Å². The van der Waals surface area contributed by atoms with Gasteiger partial charge in [-0.1, -0.05) is 72.8 Å². The highest BCUT2D eigenvalue weighted by Gasteiger charge is 2.30. The summed E-state index contributed by atoms with van der Waals surface area (Å²) < 4.78 is 10.7. The Kier molecular flexibility index (Phi) is 11.7. The molecule has 0 aliphatic rings. The number of hydrogen-bond donors (Lipinski definition) is 1. The van der Waals surface area contributed by atoms with E-state index in [9.17, 15) is 9.59 Å². The summed E-state index contributed by atoms with van der Waals surface area (Å²) >= 11 is 0. The molecule has 0 bridgehead atoms. The third-order valence-electron chi connectivity index (χ3n) is 6.22. The predicted octanol–water partition coefficient (Wildman–Crippen LogP) is 4.81. The summed E-state index contributed by atoms with van der Waals surface area (Å²) in [5.41, 5.74) is 3.05. The van der Waals surface area contributed by atoms with Crippen LogP contribution in [0.4, 0.5) is 0 Å². The van der Waals surface area contributed by atoms with Gasteiger partial charge in [-0.15, -0.1) is 0 Å². The summed E-state index contributed by atoms with van der Waals surface area (Å²) in [5, 5.41) is 3.04. The molecule has 6 nitrogen and oxygen atoms in total. The first-order valence-corrected chi connectivity index (χ1v) is 13.0. The SMILES string of the molecule is CCOCCCNC(=O)C(Cc1ccccc1)N(Cc1ccc(OC)cc1)C(=O)CCc1ccccc1. The Labute approximate surface area is 220 Å². The quantitative estimate of drug-likeness (QED) is 0.303. The molecule has 0 aliphatic carbocycles. The molecule has 2 amide bonds. The van der Waals surface area contributed by atoms with Gasteiger partial charge in [-0.2, -0.15) is 0 Å². The molecule has 1 atom stereocenters. The zero-order chi connectivity index (χ0) is 26.3. The molecule has 1 unspecified atom stereocenters. The fraction of sp³-hybridized carbons (Fsp3) is 0.355. The summed E-state index contributed by atoms with van der Waals surface area (Å²) in [7, 11) is 1.63. The van der Waals surface area contributed by atoms with Crippen molar-refractivity contribution < 1.29 is 19.1 Å². The Morgan fingerprint density at radius 2 is 1.51 bits per heavy atom. The molecule has 6 heteroatoms. The molecule has 0 fully saturated rings. The second-order valence-electron chi connectivity index (χ2n) is 8.90. The van der Waals surface area contributed by atoms with E-state index in [-0.39, 0.29) is 11.8 Å². The number of hydrogen-bond acceptors (Lipinski definition) is 4. The van der Waals surface area contributed by atoms with Crippen LogP contribution in [0, 0.1) is 0 Å². The summed E-state index contributed by atoms with van der Waals surface area (Å²) in [5.74, 6) is 0.547. The number of benzene rings is 3. The number of carbonyl (C=O) groups is 2. The summed E-state index contributed by atoms with van der Waals surface area (Å²) in [4.78, 5) is 29.0. The van der Waals surface area contributed by atoms with Crippen molar-refractivity contribution in [3.63, 3.8) is 0 Å². The Hall–Kier alpha value is -3.64. The summed E-state index contributed by atoms with van der Waals surface area (Å²) in [6.07, 6.45) is 2.10. The van der Waals surface area contributed by atoms with E-state index in [1.165, 1.54) is 0 Å². The third kappa shape index (κ3) is 9.39. The minimum absolute atomic E-state index is 0.0509. The molecule has 0 aromatic heterocycles. The van der Waals surface area contributed by atoms with Gasteiger partial charge in [0.25, 0.3) is 0 Å². The van der Waals surface area contributed by atoms with Crippen LogP contribution >= 0.6 is 0 Å². The van der Waals surface area contributed by atoms with E-state index in [1.54, 1.807) is 12.0 Å². The molecule has 37 heavy (non-hydrogen) atoms. The lowest BCUT2D eigenvalue weighted by atomic mass is 10.0. The largest absolute Gasteiger partial charge is 0.497 e. The molecular formula is C31H38N2O4. The Balaban J connectivity index is 1.84. The topological polar surface area (TPSA) is 67.9 Å². The number of rotatable bonds is 15. The molecule has 0 heterocycles. The van der Waals surface area contributed by atoms with Gasteiger partial charge >= 0.3 is 0 Å². The monoisotopic (exact) mass is 502 g/mol. The number of aryl methyl sites for hydroxylation is 1. The van der Waals surface area contributed by atoms with Crippen LogP contribution in [0.1, 0.15) is 36.5 Å². The van der Waals surface area contributed by atoms with Crippen LogP contribution in [0.3, 0.4) is 0 Å². The van der Waals surface area contributed by atoms with Crippen molar-refractivity contribution in [3.8, 4) is 5.75 Å². The molecule has 0 radical (unpaired) electrons. The molecule has 1 N–H and O–H groups in total. The summed E-state index contributed by atoms with van der Waals surface area (Å²) in [6.45, 7) is 4.02. The highest BCUT2D eigenvalue weighted by molar-refractivity contribution is 5.88. The third-order valence-corrected chi connectivity index (χ3v) is 6.22. The Morgan fingerprint density at radius 1 is 0.865 bits per heavy atom. The number of carbonyl (C=O) groups excluding carboxylic acids is 2. The van der Waals surface area contributed by atoms with E-state index in [2.05, 4.69) is 5.32 Å². The van der Waals surface area contributed by atoms with Gasteiger partial charge in [0.05, 0.1) is 7.11 Å². The number of nitrogens with zero attached hydrogens (tertiary/aromatic N) is 1. The van der Waals surface area contributed by atoms with Gasteiger partial charge in [0.2, 0.25) is 11.8 Å². The Morgan fingerprint density at radius 3 is 2.14 bits per heavy atom. The number of ether oxygens (including phenoxy) is 2. The maximum atomic E-state index is 13.7. The van der Waals surface area contributed by atoms with E-state index in [1.807, 2.05) is 91.9 Å². The standard InChI is InChI=1S/C31H38N2O4/c1-3-37-22-10-21-32-31(35)29(23-26-13-8-5-9-14-26)33(24-27-15-18-28(36-2)19-16-27)30(34)20-17-25-11-6-4-7-12-25/h4-9,11-16,18-19,29H,3,10,17,20-24H2,1-2H3,(H,32,35). The first-order chi connectivity index (χ1) is 18.1. The highest BCUT2D eigenvalue weighted by atomic mass is 16.5. The molecular weight excluding hydrogens is 464 g/mol. The van der Waals surface area contributed by atoms with Crippen LogP contribution in [0.5, 0.6) is 5.75 Å². The highest BCUT2D eigenvalue weighted by Crippen LogP contribution is 2.19. The first-order valence-electron chi connectivity index (χ1n) is 13.0. The Bertz CT molecular complexity index is 1070. The number of nitrogens with one attached hydrogen (secondary N) is 1. The lowest BCUT2D eigenvalue weighted by molar-refractivity contribution is -0.141. The number of amides is 2. The normalized spacial score (nSPS) is 11.5. The molecule has 3 aromatic carbocycles. The van der Waals surface area contributed by atoms with Gasteiger partial charge in [-0.05, 0) is 48.6 Å². The predicted molar refractivity (Wildman–Crippen MR) is 146 cm³/mol. The summed E-state index contributed by atoms with van der Waals surface area (Å²) in [6, 6.07) is 26.8. The van der Waals surface area contributed by atoms with Gasteiger partial charge in [-0.3, -0.25) is 9.59 Å². The molecule has 3 rings (SSSR count). The van der Waals surface area contributed by atoms with Gasteiger partial charge < -0.3 is 19.7 Å². The molecule has 196 valence electrons. The first kappa shape index (κ1) is 27.9. The van der Waals surface area contributed by atoms with Crippen LogP contribution < -0.4 is 10.1 Å². The van der Waals surface area contributed by atoms with Gasteiger partial charge in [-0.25, -0.2) is 0 Å². The van der Waals surface area contributed by atoms with E-state index < -0.39 is 6.04 Å². The van der Waals surface area contributed by atoms with Crippen molar-refractivity contribution in [3.05, 3.63) is 102 Å². The van der Waals surface area contributed by atoms with Crippen molar-refractivity contribution in [2.45, 2.75) is 45.2 Å². The molecule has 0 spiro atoms. The van der Waals surface area contributed by atoms with Crippen LogP contribution in [0.25, 0.3) is 0 Å². The maximum Gasteiger partial charge on any atom is 0.243 e. The van der Waals surface area contributed by atoms with Crippen LogP contribution in [0.2, 0.25) is 0 Å². The van der Waals surface area contributed by atoms with Crippen LogP contribution in [0.15, 0.2) is 84.9 Å². The van der Waals surface area contributed by atoms with E-state index in [0.29, 0.717) is 45.6 Å². The van der Waals surface area contributed by atoms with Gasteiger partial charge in [0.1, 0.15) is 11.8 Å². The maximum absolute atomic E-state index is 13.7.